The van der Waals surface area contributed by atoms with Crippen molar-refractivity contribution in [3.05, 3.63) is 230 Å². The van der Waals surface area contributed by atoms with Crippen molar-refractivity contribution in [1.29, 1.82) is 5.26 Å². The van der Waals surface area contributed by atoms with Gasteiger partial charge in [0, 0.05) is 33.5 Å². The first-order valence-corrected chi connectivity index (χ1v) is 19.6. The molecule has 0 saturated heterocycles. The number of anilines is 3. The molecule has 0 aliphatic heterocycles. The SMILES string of the molecule is N#Cc1ccc(-c2ccc(-c3ccc(N(c4ccc(-c5ccccc5)cc4)c4ccc(-c5ccc(-n6c7ccccc7c7ccccc76)cc5)cc4)cc3)cc2)cc1. The van der Waals surface area contributed by atoms with Crippen molar-refractivity contribution in [2.45, 2.75) is 0 Å². The maximum Gasteiger partial charge on any atom is 0.0991 e. The van der Waals surface area contributed by atoms with Gasteiger partial charge >= 0.3 is 0 Å². The number of hydrogen-bond donors (Lipinski definition) is 0. The van der Waals surface area contributed by atoms with E-state index in [4.69, 9.17) is 0 Å². The second-order valence-electron chi connectivity index (χ2n) is 14.5. The van der Waals surface area contributed by atoms with Gasteiger partial charge in [-0.15, -0.1) is 0 Å². The number of nitrogens with zero attached hydrogens (tertiary/aromatic N) is 3. The molecule has 3 heteroatoms. The highest BCUT2D eigenvalue weighted by Gasteiger charge is 2.15. The molecule has 272 valence electrons. The van der Waals surface area contributed by atoms with Gasteiger partial charge in [-0.1, -0.05) is 152 Å². The third-order valence-corrected chi connectivity index (χ3v) is 11.1. The molecule has 0 fully saturated rings. The van der Waals surface area contributed by atoms with Crippen LogP contribution in [0, 0.1) is 11.3 Å². The van der Waals surface area contributed by atoms with Crippen molar-refractivity contribution >= 4 is 38.9 Å². The van der Waals surface area contributed by atoms with E-state index in [0.29, 0.717) is 5.56 Å². The van der Waals surface area contributed by atoms with E-state index in [0.717, 1.165) is 50.6 Å². The summed E-state index contributed by atoms with van der Waals surface area (Å²) in [4.78, 5) is 2.32. The number of benzene rings is 9. The average molecular weight is 740 g/mol. The van der Waals surface area contributed by atoms with Crippen molar-refractivity contribution in [3.63, 3.8) is 0 Å². The van der Waals surface area contributed by atoms with Gasteiger partial charge in [-0.3, -0.25) is 0 Å². The minimum absolute atomic E-state index is 0.666. The first kappa shape index (κ1) is 34.6. The first-order valence-electron chi connectivity index (χ1n) is 19.6. The van der Waals surface area contributed by atoms with Crippen LogP contribution in [0.2, 0.25) is 0 Å². The third-order valence-electron chi connectivity index (χ3n) is 11.1. The van der Waals surface area contributed by atoms with E-state index in [1.54, 1.807) is 0 Å². The lowest BCUT2D eigenvalue weighted by Gasteiger charge is -2.26. The summed E-state index contributed by atoms with van der Waals surface area (Å²) in [6.07, 6.45) is 0. The molecule has 0 amide bonds. The number of para-hydroxylation sites is 2. The summed E-state index contributed by atoms with van der Waals surface area (Å²) in [5, 5.41) is 11.7. The van der Waals surface area contributed by atoms with Gasteiger partial charge in [0.2, 0.25) is 0 Å². The molecule has 1 heterocycles. The molecule has 58 heavy (non-hydrogen) atoms. The van der Waals surface area contributed by atoms with Crippen LogP contribution in [0.5, 0.6) is 0 Å². The van der Waals surface area contributed by atoms with Crippen molar-refractivity contribution in [1.82, 2.24) is 4.57 Å². The number of rotatable bonds is 8. The summed E-state index contributed by atoms with van der Waals surface area (Å²) in [6, 6.07) is 81.7. The van der Waals surface area contributed by atoms with Crippen LogP contribution in [-0.2, 0) is 0 Å². The van der Waals surface area contributed by atoms with Crippen molar-refractivity contribution < 1.29 is 0 Å². The molecule has 10 aromatic rings. The van der Waals surface area contributed by atoms with Crippen molar-refractivity contribution in [2.75, 3.05) is 4.90 Å². The molecule has 1 aromatic heterocycles. The van der Waals surface area contributed by atoms with Gasteiger partial charge < -0.3 is 9.47 Å². The molecule has 0 saturated carbocycles. The monoisotopic (exact) mass is 739 g/mol. The highest BCUT2D eigenvalue weighted by Crippen LogP contribution is 2.39. The zero-order valence-electron chi connectivity index (χ0n) is 31.7. The fourth-order valence-electron chi connectivity index (χ4n) is 8.08. The molecule has 3 nitrogen and oxygen atoms in total. The van der Waals surface area contributed by atoms with Crippen LogP contribution >= 0.6 is 0 Å². The van der Waals surface area contributed by atoms with Gasteiger partial charge in [0.05, 0.1) is 22.7 Å². The quantitative estimate of drug-likeness (QED) is 0.155. The molecule has 9 aromatic carbocycles. The van der Waals surface area contributed by atoms with Gasteiger partial charge in [-0.25, -0.2) is 0 Å². The largest absolute Gasteiger partial charge is 0.311 e. The van der Waals surface area contributed by atoms with E-state index < -0.39 is 0 Å². The molecule has 0 atom stereocenters. The highest BCUT2D eigenvalue weighted by atomic mass is 15.1. The van der Waals surface area contributed by atoms with Gasteiger partial charge in [-0.05, 0) is 117 Å². The predicted octanol–water partition coefficient (Wildman–Crippen LogP) is 14.8. The minimum atomic E-state index is 0.666. The van der Waals surface area contributed by atoms with E-state index in [1.165, 1.54) is 38.5 Å². The lowest BCUT2D eigenvalue weighted by molar-refractivity contribution is 1.18. The molecule has 10 rings (SSSR count). The lowest BCUT2D eigenvalue weighted by Crippen LogP contribution is -2.09. The fraction of sp³-hybridized carbons (Fsp3) is 0. The number of hydrogen-bond acceptors (Lipinski definition) is 2. The first-order chi connectivity index (χ1) is 28.7. The fourth-order valence-corrected chi connectivity index (χ4v) is 8.08. The van der Waals surface area contributed by atoms with Crippen LogP contribution in [0.3, 0.4) is 0 Å². The van der Waals surface area contributed by atoms with Gasteiger partial charge in [0.15, 0.2) is 0 Å². The molecule has 0 spiro atoms. The molecule has 0 N–H and O–H groups in total. The van der Waals surface area contributed by atoms with Crippen LogP contribution in [0.25, 0.3) is 72.0 Å². The smallest absolute Gasteiger partial charge is 0.0991 e. The van der Waals surface area contributed by atoms with Crippen molar-refractivity contribution in [3.8, 4) is 56.3 Å². The Bertz CT molecular complexity index is 2990. The molecule has 0 radical (unpaired) electrons. The van der Waals surface area contributed by atoms with Crippen LogP contribution < -0.4 is 4.90 Å². The van der Waals surface area contributed by atoms with E-state index in [2.05, 4.69) is 216 Å². The second-order valence-corrected chi connectivity index (χ2v) is 14.5. The second kappa shape index (κ2) is 15.0. The summed E-state index contributed by atoms with van der Waals surface area (Å²) in [5.74, 6) is 0. The summed E-state index contributed by atoms with van der Waals surface area (Å²) < 4.78 is 2.36. The van der Waals surface area contributed by atoms with Gasteiger partial charge in [-0.2, -0.15) is 5.26 Å². The Morgan fingerprint density at radius 2 is 0.621 bits per heavy atom. The number of nitriles is 1. The molecule has 0 aliphatic carbocycles. The third kappa shape index (κ3) is 6.49. The Kier molecular flexibility index (Phi) is 8.91. The Balaban J connectivity index is 0.957. The maximum absolute atomic E-state index is 9.18. The van der Waals surface area contributed by atoms with E-state index in [-0.39, 0.29) is 0 Å². The maximum atomic E-state index is 9.18. The van der Waals surface area contributed by atoms with Crippen LogP contribution in [0.15, 0.2) is 224 Å². The Hall–Kier alpha value is -7.93. The van der Waals surface area contributed by atoms with Crippen LogP contribution in [-0.4, -0.2) is 4.57 Å². The topological polar surface area (TPSA) is 32.0 Å². The predicted molar refractivity (Wildman–Crippen MR) is 242 cm³/mol. The van der Waals surface area contributed by atoms with Gasteiger partial charge in [0.1, 0.15) is 0 Å². The summed E-state index contributed by atoms with van der Waals surface area (Å²) in [5.41, 5.74) is 16.7. The van der Waals surface area contributed by atoms with E-state index in [1.807, 2.05) is 24.3 Å². The molecule has 0 bridgehead atoms. The molecular formula is C55H37N3. The average Bonchev–Trinajstić information content (AvgIpc) is 3.65. The zero-order valence-corrected chi connectivity index (χ0v) is 31.7. The van der Waals surface area contributed by atoms with Crippen LogP contribution in [0.4, 0.5) is 17.1 Å². The number of fused-ring (bicyclic) bond motifs is 3. The Labute approximate surface area is 338 Å². The Morgan fingerprint density at radius 1 is 0.310 bits per heavy atom. The number of aromatic nitrogens is 1. The zero-order chi connectivity index (χ0) is 38.8. The molecule has 0 unspecified atom stereocenters. The normalized spacial score (nSPS) is 11.1. The van der Waals surface area contributed by atoms with Crippen LogP contribution in [0.1, 0.15) is 5.56 Å². The molecule has 0 aliphatic rings. The lowest BCUT2D eigenvalue weighted by atomic mass is 9.99. The molecular weight excluding hydrogens is 703 g/mol. The standard InChI is InChI=1S/C55H37N3/c56-38-39-14-16-41(17-15-39)42-18-20-43(21-19-42)45-24-32-49(33-25-45)57(48-30-22-44(23-31-48)40-8-2-1-3-9-40)50-34-26-46(27-35-50)47-28-36-51(37-29-47)58-54-12-6-4-10-52(54)53-11-5-7-13-55(53)58/h1-37H. The minimum Gasteiger partial charge on any atom is -0.311 e. The summed E-state index contributed by atoms with van der Waals surface area (Å²) in [7, 11) is 0. The summed E-state index contributed by atoms with van der Waals surface area (Å²) in [6.45, 7) is 0. The highest BCUT2D eigenvalue weighted by molar-refractivity contribution is 6.09. The summed E-state index contributed by atoms with van der Waals surface area (Å²) >= 11 is 0. The Morgan fingerprint density at radius 3 is 1.02 bits per heavy atom. The van der Waals surface area contributed by atoms with Crippen molar-refractivity contribution in [2.24, 2.45) is 0 Å². The van der Waals surface area contributed by atoms with Gasteiger partial charge in [0.25, 0.3) is 0 Å². The van der Waals surface area contributed by atoms with E-state index in [9.17, 15) is 5.26 Å². The van der Waals surface area contributed by atoms with E-state index >= 15 is 0 Å².